The van der Waals surface area contributed by atoms with Crippen LogP contribution in [0.4, 0.5) is 11.6 Å². The van der Waals surface area contributed by atoms with E-state index in [1.807, 2.05) is 10.6 Å². The summed E-state index contributed by atoms with van der Waals surface area (Å²) in [4.78, 5) is 170. The number of aliphatic imine (C=N–C) groups is 1. The number of aromatic amines is 1. The van der Waals surface area contributed by atoms with Crippen LogP contribution in [0.1, 0.15) is 74.8 Å². The van der Waals surface area contributed by atoms with Gasteiger partial charge in [-0.25, -0.2) is 19.6 Å². The Morgan fingerprint density at radius 3 is 1.72 bits per heavy atom. The number of H-pyrrole nitrogens is 1. The van der Waals surface area contributed by atoms with Gasteiger partial charge in [0.15, 0.2) is 17.1 Å². The molecule has 6 amide bonds. The molecule has 0 bridgehead atoms. The number of rotatable bonds is 30. The Bertz CT molecular complexity index is 2750. The molecule has 2 aromatic heterocycles. The van der Waals surface area contributed by atoms with Crippen molar-refractivity contribution in [1.29, 1.82) is 0 Å². The molecule has 3 rings (SSSR count). The lowest BCUT2D eigenvalue weighted by Gasteiger charge is -2.29. The summed E-state index contributed by atoms with van der Waals surface area (Å²) in [5, 5.41) is 63.8. The van der Waals surface area contributed by atoms with E-state index in [1.54, 1.807) is 0 Å². The van der Waals surface area contributed by atoms with Crippen molar-refractivity contribution in [3.8, 4) is 0 Å². The van der Waals surface area contributed by atoms with Gasteiger partial charge < -0.3 is 80.0 Å². The summed E-state index contributed by atoms with van der Waals surface area (Å²) < 4.78 is -1.43. The summed E-state index contributed by atoms with van der Waals surface area (Å²) in [6.07, 6.45) is -3.92. The van der Waals surface area contributed by atoms with Crippen LogP contribution >= 0.6 is 12.6 Å². The molecule has 0 saturated heterocycles. The van der Waals surface area contributed by atoms with Crippen molar-refractivity contribution < 1.29 is 78.3 Å². The maximum atomic E-state index is 13.7. The molecule has 0 radical (unpaired) electrons. The van der Waals surface area contributed by atoms with Crippen LogP contribution in [0.2, 0.25) is 0 Å². The summed E-state index contributed by atoms with van der Waals surface area (Å²) in [7, 11) is 0. The Morgan fingerprint density at radius 1 is 0.693 bits per heavy atom. The van der Waals surface area contributed by atoms with Gasteiger partial charge in [0, 0.05) is 29.0 Å². The molecule has 0 aliphatic rings. The number of fused-ring (bicyclic) bond motifs is 1. The molecular weight excluding hydrogens is 1020 g/mol. The first-order valence-corrected chi connectivity index (χ1v) is 22.5. The number of benzene rings is 1. The maximum Gasteiger partial charge on any atom is 0.327 e. The van der Waals surface area contributed by atoms with E-state index in [0.29, 0.717) is 11.4 Å². The number of thiol groups is 1. The number of nitrogen functional groups attached to an aromatic ring is 1. The molecule has 1 aromatic carbocycles. The Labute approximate surface area is 428 Å². The van der Waals surface area contributed by atoms with Crippen LogP contribution in [-0.2, 0) is 54.5 Å². The van der Waals surface area contributed by atoms with Crippen molar-refractivity contribution in [3.63, 3.8) is 0 Å². The third-order valence-corrected chi connectivity index (χ3v) is 10.5. The van der Waals surface area contributed by atoms with Gasteiger partial charge in [-0.05, 0) is 57.4 Å². The molecule has 19 N–H and O–H groups in total. The zero-order valence-electron chi connectivity index (χ0n) is 39.8. The van der Waals surface area contributed by atoms with Crippen molar-refractivity contribution in [1.82, 2.24) is 51.8 Å². The molecule has 0 aliphatic heterocycles. The number of nitrogens with zero attached hydrogens (tertiary/aromatic N) is 4. The molecule has 3 aromatic rings. The van der Waals surface area contributed by atoms with E-state index in [1.165, 1.54) is 44.3 Å². The van der Waals surface area contributed by atoms with Crippen LogP contribution < -0.4 is 60.0 Å². The highest BCUT2D eigenvalue weighted by molar-refractivity contribution is 7.81. The zero-order chi connectivity index (χ0) is 56.3. The largest absolute Gasteiger partial charge is 0.481 e. The minimum atomic E-state index is -2.11. The fraction of sp³-hybridized carbons (Fsp3) is 0.429. The van der Waals surface area contributed by atoms with Gasteiger partial charge in [-0.2, -0.15) is 17.6 Å². The minimum absolute atomic E-state index is 0.00324. The lowest BCUT2D eigenvalue weighted by atomic mass is 10.0. The molecule has 0 spiro atoms. The van der Waals surface area contributed by atoms with Crippen LogP contribution in [0.5, 0.6) is 0 Å². The fourth-order valence-electron chi connectivity index (χ4n) is 6.55. The second kappa shape index (κ2) is 27.6. The molecule has 0 fully saturated rings. The number of hydrogen-bond acceptors (Lipinski definition) is 19. The van der Waals surface area contributed by atoms with Gasteiger partial charge in [0.1, 0.15) is 36.3 Å². The number of guanidine groups is 1. The van der Waals surface area contributed by atoms with Crippen LogP contribution in [0, 0.1) is 0 Å². The smallest absolute Gasteiger partial charge is 0.327 e. The first-order chi connectivity index (χ1) is 35.0. The van der Waals surface area contributed by atoms with Gasteiger partial charge in [0.25, 0.3) is 11.5 Å². The second-order valence-corrected chi connectivity index (χ2v) is 18.0. The SMILES string of the molecule is CC(C)(S)[C@H](NC(=O)[C@H](CC(=O)O)NC(=O)[C@H](CC(=O)O)NC(=O)[C@H](CCCN=C(N)N)NC(=O)[C@H](CC(=O)O)NC(=O)CC[C@H](NC(=O)c1ccc(NCc2cnc3nc(N)[nH]c(=O)c3n2)cc1)C(=O)O)C(=O)O. The average molecular weight is 1070 g/mol. The van der Waals surface area contributed by atoms with Gasteiger partial charge in [-0.15, -0.1) is 0 Å². The lowest BCUT2D eigenvalue weighted by Crippen LogP contribution is -2.60. The van der Waals surface area contributed by atoms with Crippen LogP contribution in [0.3, 0.4) is 0 Å². The summed E-state index contributed by atoms with van der Waals surface area (Å²) in [5.74, 6) is -16.1. The van der Waals surface area contributed by atoms with E-state index in [0.717, 1.165) is 0 Å². The van der Waals surface area contributed by atoms with E-state index in [9.17, 15) is 83.1 Å². The topological polar surface area (TPSA) is 535 Å². The summed E-state index contributed by atoms with van der Waals surface area (Å²) in [5.41, 5.74) is 16.5. The Balaban J connectivity index is 1.72. The molecule has 33 heteroatoms. The number of nitrogens with one attached hydrogen (secondary N) is 8. The highest BCUT2D eigenvalue weighted by Gasteiger charge is 2.38. The first kappa shape index (κ1) is 60.1. The molecule has 406 valence electrons. The van der Waals surface area contributed by atoms with Crippen molar-refractivity contribution in [3.05, 3.63) is 52.1 Å². The van der Waals surface area contributed by atoms with Crippen LogP contribution in [0.15, 0.2) is 40.2 Å². The summed E-state index contributed by atoms with van der Waals surface area (Å²) in [6, 6.07) is -5.67. The number of aliphatic carboxylic acids is 5. The van der Waals surface area contributed by atoms with Crippen molar-refractivity contribution >= 4 is 107 Å². The molecule has 0 unspecified atom stereocenters. The first-order valence-electron chi connectivity index (χ1n) is 22.1. The number of anilines is 2. The van der Waals surface area contributed by atoms with E-state index in [-0.39, 0.29) is 48.1 Å². The maximum absolute atomic E-state index is 13.7. The molecule has 32 nitrogen and oxygen atoms in total. The van der Waals surface area contributed by atoms with E-state index in [2.05, 4.69) is 64.1 Å². The van der Waals surface area contributed by atoms with Crippen molar-refractivity contribution in [2.24, 2.45) is 16.5 Å². The van der Waals surface area contributed by atoms with Crippen LogP contribution in [-0.4, -0.2) is 164 Å². The zero-order valence-corrected chi connectivity index (χ0v) is 40.7. The number of carbonyl (C=O) groups is 11. The Hall–Kier alpha value is -9.17. The van der Waals surface area contributed by atoms with Gasteiger partial charge >= 0.3 is 29.8 Å². The van der Waals surface area contributed by atoms with Gasteiger partial charge in [0.05, 0.1) is 37.7 Å². The lowest BCUT2D eigenvalue weighted by molar-refractivity contribution is -0.145. The number of nitrogens with two attached hydrogens (primary N) is 3. The predicted octanol–water partition coefficient (Wildman–Crippen LogP) is -4.43. The van der Waals surface area contributed by atoms with E-state index >= 15 is 0 Å². The summed E-state index contributed by atoms with van der Waals surface area (Å²) in [6.45, 7) is 2.53. The number of carboxylic acids is 5. The molecule has 75 heavy (non-hydrogen) atoms. The number of amides is 6. The second-order valence-electron chi connectivity index (χ2n) is 16.8. The molecular formula is C42H55N15O17S. The molecule has 6 atom stereocenters. The number of carboxylic acid groups (broad SMARTS) is 5. The third-order valence-electron chi connectivity index (χ3n) is 10.2. The van der Waals surface area contributed by atoms with E-state index in [4.69, 9.17) is 17.2 Å². The number of carbonyl (C=O) groups excluding carboxylic acids is 6. The Morgan fingerprint density at radius 2 is 1.21 bits per heavy atom. The van der Waals surface area contributed by atoms with Crippen molar-refractivity contribution in [2.45, 2.75) is 106 Å². The number of hydrogen-bond donors (Lipinski definition) is 17. The normalized spacial score (nSPS) is 13.4. The molecule has 0 aliphatic carbocycles. The minimum Gasteiger partial charge on any atom is -0.481 e. The molecule has 0 saturated carbocycles. The molecule has 2 heterocycles. The Kier molecular flexibility index (Phi) is 22.1. The van der Waals surface area contributed by atoms with Gasteiger partial charge in [-0.3, -0.25) is 57.9 Å². The predicted molar refractivity (Wildman–Crippen MR) is 261 cm³/mol. The average Bonchev–Trinajstić information content (AvgIpc) is 3.30. The van der Waals surface area contributed by atoms with Gasteiger partial charge in [0.2, 0.25) is 35.5 Å². The quantitative estimate of drug-likeness (QED) is 0.0130. The van der Waals surface area contributed by atoms with Gasteiger partial charge in [-0.1, -0.05) is 0 Å². The van der Waals surface area contributed by atoms with Crippen LogP contribution in [0.25, 0.3) is 11.2 Å². The third kappa shape index (κ3) is 20.1. The summed E-state index contributed by atoms with van der Waals surface area (Å²) >= 11 is 4.12. The standard InChI is InChI=1S/C42H55N15O17S/c1-42(2,75)30(39(73)74)55-36(69)24(14-28(63)64)54-35(68)23(13-27(61)62)53-33(66)20(4-3-11-46-40(43)44)51-34(67)22(12-26(59)60)50-25(58)10-9-21(38(71)72)52-32(65)17-5-7-18(8-6-17)47-15-19-16-48-31-29(49-19)37(70)57-41(45)56-31/h5-8,16,20-24,30,47,75H,3-4,9-15H2,1-2H3,(H,50,58)(H,51,67)(H,52,65)(H,53,66)(H,54,68)(H,55,69)(H,59,60)(H,61,62)(H,63,64)(H,71,72)(H,73,74)(H4,43,44,46)(H3,45,48,56,57,70)/t20-,21-,22-,23-,24-,30+/m0/s1. The van der Waals surface area contributed by atoms with E-state index < -0.39 is 150 Å². The number of aromatic nitrogens is 4. The highest BCUT2D eigenvalue weighted by atomic mass is 32.1. The monoisotopic (exact) mass is 1070 g/mol. The highest BCUT2D eigenvalue weighted by Crippen LogP contribution is 2.19. The van der Waals surface area contributed by atoms with Crippen molar-refractivity contribution in [2.75, 3.05) is 17.6 Å². The fourth-order valence-corrected chi connectivity index (χ4v) is 6.73.